The number of rotatable bonds is 7. The second-order valence-corrected chi connectivity index (χ2v) is 11.6. The van der Waals surface area contributed by atoms with Gasteiger partial charge in [-0.25, -0.2) is 0 Å². The van der Waals surface area contributed by atoms with Gasteiger partial charge in [0, 0.05) is 0 Å². The average Bonchev–Trinajstić information content (AvgIpc) is 3.16. The summed E-state index contributed by atoms with van der Waals surface area (Å²) in [6, 6.07) is 7.40. The number of hydrogen-bond donors (Lipinski definition) is 5. The number of aryl methyl sites for hydroxylation is 1. The third-order valence-electron chi connectivity index (χ3n) is 6.97. The van der Waals surface area contributed by atoms with Crippen molar-refractivity contribution < 1.29 is 44.2 Å². The summed E-state index contributed by atoms with van der Waals surface area (Å²) in [6.45, 7) is 0.894. The van der Waals surface area contributed by atoms with E-state index in [1.165, 1.54) is 21.1 Å². The van der Waals surface area contributed by atoms with E-state index >= 15 is 0 Å². The van der Waals surface area contributed by atoms with Gasteiger partial charge in [-0.1, -0.05) is 0 Å². The predicted molar refractivity (Wildman–Crippen MR) is 146 cm³/mol. The van der Waals surface area contributed by atoms with Crippen LogP contribution in [-0.2, 0) is 16.0 Å². The van der Waals surface area contributed by atoms with E-state index in [9.17, 15) is 25.2 Å². The van der Waals surface area contributed by atoms with Gasteiger partial charge in [0.15, 0.2) is 0 Å². The van der Waals surface area contributed by atoms with Crippen LogP contribution in [0.1, 0.15) is 30.5 Å². The Morgan fingerprint density at radius 1 is 1.13 bits per heavy atom. The van der Waals surface area contributed by atoms with Gasteiger partial charge in [-0.3, -0.25) is 0 Å². The number of methoxy groups -OCH3 is 2. The van der Waals surface area contributed by atoms with Crippen LogP contribution in [0, 0.1) is 4.51 Å². The number of carbonyl (C=O) groups excluding carboxylic acids is 1. The van der Waals surface area contributed by atoms with Crippen molar-refractivity contribution in [3.63, 3.8) is 0 Å². The van der Waals surface area contributed by atoms with Crippen molar-refractivity contribution >= 4 is 37.5 Å². The number of aliphatic hydroxyl groups is 4. The zero-order valence-corrected chi connectivity index (χ0v) is 24.6. The van der Waals surface area contributed by atoms with Crippen molar-refractivity contribution in [2.45, 2.75) is 62.3 Å². The summed E-state index contributed by atoms with van der Waals surface area (Å²) in [6.07, 6.45) is -6.14. The number of nitrogens with one attached hydrogen (secondary N) is 1. The van der Waals surface area contributed by atoms with Crippen LogP contribution in [0.2, 0.25) is 5.82 Å². The molecule has 212 valence electrons. The molecule has 1 heterocycles. The minimum absolute atomic E-state index is 0.159. The molecule has 0 aromatic heterocycles. The molecular weight excluding hydrogens is 593 g/mol. The van der Waals surface area contributed by atoms with Crippen molar-refractivity contribution in [2.75, 3.05) is 20.8 Å². The molecule has 2 aliphatic rings. The van der Waals surface area contributed by atoms with Crippen molar-refractivity contribution in [3.05, 3.63) is 39.9 Å². The fourth-order valence-electron chi connectivity index (χ4n) is 5.09. The Morgan fingerprint density at radius 3 is 2.46 bits per heavy atom. The number of hydrogen-bond acceptors (Lipinski definition) is 10. The second kappa shape index (κ2) is 12.5. The predicted octanol–water partition coefficient (Wildman–Crippen LogP) is 0.780. The standard InChI is InChI=1S/C27H33NO9SSe/c1-12(30)28-16-7-5-13-9-17(36-27-24(33)23(32)22(31)18(11-29)37-27)25(34-2)26(35-3)21(13)14-6-8-20(39-4)19(38)10-15(14)16/h6,8-10,16,18,22-24,27,29,31-33H,5,7,11H2,1-4H3,(H,28,30)/t16?,18-,22-,23+,24-,27-/m1/s1. The second-order valence-electron chi connectivity index (χ2n) is 9.36. The fourth-order valence-corrected chi connectivity index (χ4v) is 6.69. The first kappa shape index (κ1) is 29.7. The normalized spacial score (nSPS) is 26.1. The van der Waals surface area contributed by atoms with Crippen molar-refractivity contribution in [2.24, 2.45) is 0 Å². The molecule has 5 N–H and O–H groups in total. The van der Waals surface area contributed by atoms with Crippen LogP contribution in [-0.4, -0.2) is 92.8 Å². The molecule has 1 fully saturated rings. The van der Waals surface area contributed by atoms with Gasteiger partial charge in [-0.2, -0.15) is 0 Å². The third kappa shape index (κ3) is 5.79. The van der Waals surface area contributed by atoms with Crippen LogP contribution in [0.5, 0.6) is 17.2 Å². The molecule has 12 heteroatoms. The summed E-state index contributed by atoms with van der Waals surface area (Å²) >= 11 is 5.87. The Bertz CT molecular complexity index is 1290. The summed E-state index contributed by atoms with van der Waals surface area (Å²) in [5.74, 6) is 2.71. The molecule has 1 aliphatic heterocycles. The Hall–Kier alpha value is -2.28. The molecule has 0 saturated carbocycles. The van der Waals surface area contributed by atoms with Gasteiger partial charge in [0.2, 0.25) is 0 Å². The minimum atomic E-state index is -1.60. The molecule has 1 unspecified atom stereocenters. The first-order chi connectivity index (χ1) is 18.6. The molecule has 1 amide bonds. The van der Waals surface area contributed by atoms with Gasteiger partial charge in [0.25, 0.3) is 0 Å². The van der Waals surface area contributed by atoms with E-state index in [1.807, 2.05) is 18.2 Å². The van der Waals surface area contributed by atoms with E-state index < -0.39 is 37.3 Å². The van der Waals surface area contributed by atoms with Gasteiger partial charge >= 0.3 is 210 Å². The summed E-state index contributed by atoms with van der Waals surface area (Å²) in [4.78, 5) is 12.1. The topological polar surface area (TPSA) is 147 Å². The Balaban J connectivity index is 1.89. The molecule has 4 rings (SSSR count). The van der Waals surface area contributed by atoms with E-state index in [2.05, 4.69) is 11.1 Å². The van der Waals surface area contributed by atoms with Crippen molar-refractivity contribution in [1.29, 1.82) is 0 Å². The van der Waals surface area contributed by atoms with E-state index in [4.69, 9.17) is 31.2 Å². The summed E-state index contributed by atoms with van der Waals surface area (Å²) in [5.41, 5.74) is 3.30. The average molecular weight is 627 g/mol. The molecule has 2 aromatic rings. The van der Waals surface area contributed by atoms with Gasteiger partial charge in [-0.05, 0) is 0 Å². The zero-order chi connectivity index (χ0) is 28.4. The van der Waals surface area contributed by atoms with Crippen molar-refractivity contribution in [1.82, 2.24) is 5.32 Å². The third-order valence-corrected chi connectivity index (χ3v) is 9.27. The number of benzene rings is 1. The van der Waals surface area contributed by atoms with Gasteiger partial charge in [0.05, 0.1) is 6.61 Å². The van der Waals surface area contributed by atoms with Crippen LogP contribution in [0.15, 0.2) is 24.3 Å². The van der Waals surface area contributed by atoms with E-state index in [1.54, 1.807) is 6.07 Å². The van der Waals surface area contributed by atoms with E-state index in [0.29, 0.717) is 18.6 Å². The number of amides is 1. The van der Waals surface area contributed by atoms with Crippen molar-refractivity contribution in [3.8, 4) is 28.4 Å². The van der Waals surface area contributed by atoms with Crippen LogP contribution >= 0.6 is 12.2 Å². The Labute approximate surface area is 238 Å². The van der Waals surface area contributed by atoms with E-state index in [0.717, 1.165) is 31.2 Å². The summed E-state index contributed by atoms with van der Waals surface area (Å²) in [5, 5.41) is 43.5. The molecule has 6 atom stereocenters. The molecule has 0 bridgehead atoms. The molecule has 2 aromatic carbocycles. The van der Waals surface area contributed by atoms with Gasteiger partial charge in [-0.15, -0.1) is 0 Å². The van der Waals surface area contributed by atoms with Crippen LogP contribution in [0.3, 0.4) is 0 Å². The summed E-state index contributed by atoms with van der Waals surface area (Å²) < 4.78 is 24.9. The first-order valence-corrected chi connectivity index (χ1v) is 15.4. The Morgan fingerprint density at radius 2 is 1.85 bits per heavy atom. The molecule has 0 spiro atoms. The summed E-state index contributed by atoms with van der Waals surface area (Å²) in [7, 11) is 2.96. The molecule has 0 radical (unpaired) electrons. The molecule has 10 nitrogen and oxygen atoms in total. The SMILES string of the molecule is COc1c(O[C@@H]2O[C@H](CO)[C@@H](O)[C@H](O)[C@H]2O)cc2c(c1OC)-c1ccc([Se]C)c(=S)cc1C(NC(C)=O)CC2. The first-order valence-electron chi connectivity index (χ1n) is 12.4. The van der Waals surface area contributed by atoms with Gasteiger partial charge < -0.3 is 15.3 Å². The number of ether oxygens (including phenoxy) is 4. The van der Waals surface area contributed by atoms with Crippen LogP contribution < -0.4 is 24.0 Å². The number of carbonyl (C=O) groups is 1. The maximum absolute atomic E-state index is 12.1. The fraction of sp³-hybridized carbons (Fsp3) is 0.481. The number of aliphatic hydroxyl groups excluding tert-OH is 4. The van der Waals surface area contributed by atoms with Crippen LogP contribution in [0.4, 0.5) is 0 Å². The molecule has 39 heavy (non-hydrogen) atoms. The number of fused-ring (bicyclic) bond motifs is 3. The molecule has 1 aliphatic carbocycles. The quantitative estimate of drug-likeness (QED) is 0.221. The van der Waals surface area contributed by atoms with E-state index in [-0.39, 0.29) is 38.4 Å². The maximum atomic E-state index is 12.1. The molecule has 1 saturated heterocycles. The Kier molecular flexibility index (Phi) is 9.51. The van der Waals surface area contributed by atoms with Crippen LogP contribution in [0.25, 0.3) is 11.1 Å². The van der Waals surface area contributed by atoms with Gasteiger partial charge in [0.1, 0.15) is 6.10 Å². The molecular formula is C27H33NO9SSe. The zero-order valence-electron chi connectivity index (χ0n) is 22.0. The monoisotopic (exact) mass is 627 g/mol.